The van der Waals surface area contributed by atoms with E-state index in [0.717, 1.165) is 26.2 Å². The molecule has 2 aromatic rings. The summed E-state index contributed by atoms with van der Waals surface area (Å²) in [5, 5.41) is 1.30. The fourth-order valence-corrected chi connectivity index (χ4v) is 4.58. The summed E-state index contributed by atoms with van der Waals surface area (Å²) in [6.07, 6.45) is 2.26. The van der Waals surface area contributed by atoms with E-state index in [-0.39, 0.29) is 11.8 Å². The Balaban J connectivity index is 1.83. The molecule has 0 saturated heterocycles. The second-order valence-electron chi connectivity index (χ2n) is 7.33. The van der Waals surface area contributed by atoms with Crippen LogP contribution in [0.3, 0.4) is 0 Å². The third-order valence-corrected chi connectivity index (χ3v) is 5.94. The van der Waals surface area contributed by atoms with Crippen LogP contribution in [0.2, 0.25) is 0 Å². The Labute approximate surface area is 149 Å². The molecule has 0 bridgehead atoms. The van der Waals surface area contributed by atoms with Crippen molar-refractivity contribution in [2.45, 2.75) is 33.4 Å². The minimum atomic E-state index is -0.0472. The number of hydrogen-bond donors (Lipinski definition) is 0. The number of likely N-dealkylation sites (N-methyl/N-ethyl adjacent to an activating group) is 1. The number of fused-ring (bicyclic) bond motifs is 2. The van der Waals surface area contributed by atoms with Gasteiger partial charge >= 0.3 is 0 Å². The van der Waals surface area contributed by atoms with Crippen LogP contribution in [0.15, 0.2) is 30.3 Å². The van der Waals surface area contributed by atoms with Gasteiger partial charge in [0.2, 0.25) is 5.91 Å². The predicted molar refractivity (Wildman–Crippen MR) is 102 cm³/mol. The molecule has 2 aliphatic rings. The number of aryl methyl sites for hydroxylation is 1. The maximum absolute atomic E-state index is 12.9. The van der Waals surface area contributed by atoms with Gasteiger partial charge in [-0.2, -0.15) is 0 Å². The third kappa shape index (κ3) is 2.43. The molecule has 132 valence electrons. The van der Waals surface area contributed by atoms with E-state index in [1.165, 1.54) is 27.7 Å². The highest BCUT2D eigenvalue weighted by atomic mass is 16.2. The number of hydrogen-bond acceptors (Lipinski definition) is 2. The summed E-state index contributed by atoms with van der Waals surface area (Å²) in [6, 6.07) is 9.17. The van der Waals surface area contributed by atoms with Crippen molar-refractivity contribution in [3.05, 3.63) is 41.6 Å². The number of carbonyl (C=O) groups excluding carboxylic acids is 1. The van der Waals surface area contributed by atoms with Crippen molar-refractivity contribution in [2.75, 3.05) is 26.7 Å². The standard InChI is InChI=1S/C21H27N3O/c1-5-23(6-2)21(25)16-11-18-17-9-7-8-15-10-14(3)24(20(15)17)13-19(18)22(4)12-16/h7-11,16,19H,5-6,12-13H2,1-4H3/t16-,19-/m0/s1. The minimum absolute atomic E-state index is 0.0472. The topological polar surface area (TPSA) is 28.5 Å². The number of para-hydroxylation sites is 1. The van der Waals surface area contributed by atoms with Crippen molar-refractivity contribution in [1.29, 1.82) is 0 Å². The Morgan fingerprint density at radius 1 is 1.24 bits per heavy atom. The monoisotopic (exact) mass is 337 g/mol. The average Bonchev–Trinajstić information content (AvgIpc) is 2.93. The molecule has 2 atom stereocenters. The summed E-state index contributed by atoms with van der Waals surface area (Å²) in [4.78, 5) is 17.2. The maximum Gasteiger partial charge on any atom is 0.230 e. The van der Waals surface area contributed by atoms with Gasteiger partial charge in [-0.1, -0.05) is 24.3 Å². The fourth-order valence-electron chi connectivity index (χ4n) is 4.58. The highest BCUT2D eigenvalue weighted by Crippen LogP contribution is 2.39. The van der Waals surface area contributed by atoms with Crippen LogP contribution < -0.4 is 0 Å². The first kappa shape index (κ1) is 16.4. The lowest BCUT2D eigenvalue weighted by atomic mass is 9.85. The molecule has 4 rings (SSSR count). The molecular formula is C21H27N3O. The van der Waals surface area contributed by atoms with Crippen molar-refractivity contribution >= 4 is 22.4 Å². The Morgan fingerprint density at radius 2 is 2.00 bits per heavy atom. The summed E-state index contributed by atoms with van der Waals surface area (Å²) in [5.74, 6) is 0.209. The van der Waals surface area contributed by atoms with E-state index in [2.05, 4.69) is 67.6 Å². The first-order valence-electron chi connectivity index (χ1n) is 9.35. The second kappa shape index (κ2) is 6.03. The van der Waals surface area contributed by atoms with Crippen LogP contribution in [0, 0.1) is 12.8 Å². The quantitative estimate of drug-likeness (QED) is 0.861. The molecule has 0 aliphatic carbocycles. The van der Waals surface area contributed by atoms with Crippen LogP contribution in [-0.4, -0.2) is 53.0 Å². The Bertz CT molecular complexity index is 859. The van der Waals surface area contributed by atoms with E-state index in [9.17, 15) is 4.79 Å². The highest BCUT2D eigenvalue weighted by Gasteiger charge is 2.36. The molecule has 2 aliphatic heterocycles. The number of benzene rings is 1. The molecule has 0 spiro atoms. The Hall–Kier alpha value is -2.07. The molecule has 4 heteroatoms. The zero-order chi connectivity index (χ0) is 17.7. The lowest BCUT2D eigenvalue weighted by Gasteiger charge is -2.41. The van der Waals surface area contributed by atoms with Gasteiger partial charge in [0.25, 0.3) is 0 Å². The summed E-state index contributed by atoms with van der Waals surface area (Å²) >= 11 is 0. The van der Waals surface area contributed by atoms with Crippen molar-refractivity contribution in [3.63, 3.8) is 0 Å². The third-order valence-electron chi connectivity index (χ3n) is 5.94. The van der Waals surface area contributed by atoms with Crippen molar-refractivity contribution < 1.29 is 4.79 Å². The number of carbonyl (C=O) groups is 1. The van der Waals surface area contributed by atoms with Crippen LogP contribution in [0.5, 0.6) is 0 Å². The van der Waals surface area contributed by atoms with Crippen molar-refractivity contribution in [3.8, 4) is 0 Å². The largest absolute Gasteiger partial charge is 0.343 e. The highest BCUT2D eigenvalue weighted by molar-refractivity contribution is 5.96. The Morgan fingerprint density at radius 3 is 2.72 bits per heavy atom. The lowest BCUT2D eigenvalue weighted by molar-refractivity contribution is -0.134. The van der Waals surface area contributed by atoms with Gasteiger partial charge in [-0.05, 0) is 39.5 Å². The zero-order valence-electron chi connectivity index (χ0n) is 15.6. The maximum atomic E-state index is 12.9. The van der Waals surface area contributed by atoms with Gasteiger partial charge in [0.15, 0.2) is 0 Å². The van der Waals surface area contributed by atoms with E-state index in [1.54, 1.807) is 0 Å². The van der Waals surface area contributed by atoms with Crippen molar-refractivity contribution in [1.82, 2.24) is 14.4 Å². The normalized spacial score (nSPS) is 22.6. The fraction of sp³-hybridized carbons (Fsp3) is 0.476. The van der Waals surface area contributed by atoms with Crippen LogP contribution in [0.4, 0.5) is 0 Å². The Kier molecular flexibility index (Phi) is 3.95. The van der Waals surface area contributed by atoms with Gasteiger partial charge in [0.1, 0.15) is 0 Å². The van der Waals surface area contributed by atoms with E-state index >= 15 is 0 Å². The summed E-state index contributed by atoms with van der Waals surface area (Å²) in [5.41, 5.74) is 5.27. The molecule has 0 saturated carbocycles. The molecule has 0 radical (unpaired) electrons. The van der Waals surface area contributed by atoms with Crippen LogP contribution >= 0.6 is 0 Å². The number of aromatic nitrogens is 1. The number of nitrogens with zero attached hydrogens (tertiary/aromatic N) is 3. The zero-order valence-corrected chi connectivity index (χ0v) is 15.6. The lowest BCUT2D eigenvalue weighted by Crippen LogP contribution is -2.48. The van der Waals surface area contributed by atoms with E-state index < -0.39 is 0 Å². The van der Waals surface area contributed by atoms with Crippen LogP contribution in [0.25, 0.3) is 16.5 Å². The summed E-state index contributed by atoms with van der Waals surface area (Å²) < 4.78 is 2.44. The second-order valence-corrected chi connectivity index (χ2v) is 7.33. The first-order chi connectivity index (χ1) is 12.0. The van der Waals surface area contributed by atoms with Crippen molar-refractivity contribution in [2.24, 2.45) is 5.92 Å². The molecule has 1 aromatic carbocycles. The molecule has 4 nitrogen and oxygen atoms in total. The molecule has 25 heavy (non-hydrogen) atoms. The van der Waals surface area contributed by atoms with Crippen LogP contribution in [0.1, 0.15) is 25.1 Å². The number of amides is 1. The molecule has 0 unspecified atom stereocenters. The molecular weight excluding hydrogens is 310 g/mol. The van der Waals surface area contributed by atoms with E-state index in [4.69, 9.17) is 0 Å². The average molecular weight is 337 g/mol. The van der Waals surface area contributed by atoms with Crippen LogP contribution in [-0.2, 0) is 11.3 Å². The smallest absolute Gasteiger partial charge is 0.230 e. The summed E-state index contributed by atoms with van der Waals surface area (Å²) in [7, 11) is 2.16. The van der Waals surface area contributed by atoms with Gasteiger partial charge in [-0.3, -0.25) is 9.69 Å². The van der Waals surface area contributed by atoms with E-state index in [0.29, 0.717) is 6.04 Å². The van der Waals surface area contributed by atoms with Gasteiger partial charge in [0, 0.05) is 42.8 Å². The summed E-state index contributed by atoms with van der Waals surface area (Å²) in [6.45, 7) is 9.63. The number of rotatable bonds is 3. The van der Waals surface area contributed by atoms with Gasteiger partial charge in [-0.25, -0.2) is 0 Å². The molecule has 0 fully saturated rings. The van der Waals surface area contributed by atoms with Gasteiger partial charge in [-0.15, -0.1) is 0 Å². The SMILES string of the molecule is CCN(CC)C(=O)[C@H]1C=C2c3cccc4cc(C)n(c34)C[C@@H]2N(C)C1. The molecule has 3 heterocycles. The van der Waals surface area contributed by atoms with Gasteiger partial charge in [0.05, 0.1) is 17.5 Å². The molecule has 1 aromatic heterocycles. The molecule has 1 amide bonds. The van der Waals surface area contributed by atoms with E-state index in [1.807, 2.05) is 4.90 Å². The predicted octanol–water partition coefficient (Wildman–Crippen LogP) is 3.15. The minimum Gasteiger partial charge on any atom is -0.343 e. The molecule has 0 N–H and O–H groups in total. The first-order valence-corrected chi connectivity index (χ1v) is 9.35. The van der Waals surface area contributed by atoms with Gasteiger partial charge < -0.3 is 9.47 Å².